The van der Waals surface area contributed by atoms with Gasteiger partial charge in [-0.3, -0.25) is 4.68 Å². The highest BCUT2D eigenvalue weighted by Crippen LogP contribution is 2.32. The van der Waals surface area contributed by atoms with Gasteiger partial charge < -0.3 is 5.32 Å². The van der Waals surface area contributed by atoms with Gasteiger partial charge in [-0.2, -0.15) is 5.10 Å². The molecular formula is C15H20BrN3S. The zero-order valence-electron chi connectivity index (χ0n) is 12.3. The van der Waals surface area contributed by atoms with Crippen LogP contribution in [0.3, 0.4) is 0 Å². The Hall–Kier alpha value is -0.780. The molecule has 0 saturated heterocycles. The summed E-state index contributed by atoms with van der Waals surface area (Å²) < 4.78 is 2.94. The minimum absolute atomic E-state index is 0.110. The van der Waals surface area contributed by atoms with Gasteiger partial charge in [0.15, 0.2) is 0 Å². The Morgan fingerprint density at radius 3 is 2.70 bits per heavy atom. The van der Waals surface area contributed by atoms with E-state index in [1.807, 2.05) is 24.1 Å². The lowest BCUT2D eigenvalue weighted by molar-refractivity contribution is 0.422. The van der Waals surface area contributed by atoms with E-state index in [2.05, 4.69) is 65.3 Å². The third-order valence-electron chi connectivity index (χ3n) is 2.74. The van der Waals surface area contributed by atoms with Gasteiger partial charge in [0.1, 0.15) is 0 Å². The first-order valence-corrected chi connectivity index (χ1v) is 8.14. The van der Waals surface area contributed by atoms with E-state index >= 15 is 0 Å². The van der Waals surface area contributed by atoms with Crippen molar-refractivity contribution in [2.75, 3.05) is 0 Å². The highest BCUT2D eigenvalue weighted by atomic mass is 79.9. The molecule has 0 unspecified atom stereocenters. The Kier molecular flexibility index (Phi) is 4.94. The van der Waals surface area contributed by atoms with Crippen molar-refractivity contribution in [3.8, 4) is 0 Å². The highest BCUT2D eigenvalue weighted by molar-refractivity contribution is 9.10. The topological polar surface area (TPSA) is 29.9 Å². The van der Waals surface area contributed by atoms with Crippen molar-refractivity contribution in [3.05, 3.63) is 40.6 Å². The fraction of sp³-hybridized carbons (Fsp3) is 0.400. The molecule has 5 heteroatoms. The van der Waals surface area contributed by atoms with Crippen molar-refractivity contribution in [1.29, 1.82) is 0 Å². The molecule has 0 amide bonds. The first-order valence-electron chi connectivity index (χ1n) is 6.53. The zero-order chi connectivity index (χ0) is 14.8. The van der Waals surface area contributed by atoms with Crippen LogP contribution < -0.4 is 5.32 Å². The highest BCUT2D eigenvalue weighted by Gasteiger charge is 2.12. The molecule has 1 aromatic heterocycles. The maximum atomic E-state index is 4.22. The molecule has 108 valence electrons. The van der Waals surface area contributed by atoms with E-state index in [0.29, 0.717) is 0 Å². The molecule has 2 aromatic rings. The number of hydrogen-bond acceptors (Lipinski definition) is 3. The number of hydrogen-bond donors (Lipinski definition) is 1. The van der Waals surface area contributed by atoms with Crippen molar-refractivity contribution in [3.63, 3.8) is 0 Å². The Bertz CT molecular complexity index is 587. The molecular weight excluding hydrogens is 334 g/mol. The number of benzene rings is 1. The average Bonchev–Trinajstić information content (AvgIpc) is 2.74. The molecule has 0 radical (unpaired) electrons. The molecule has 0 atom stereocenters. The van der Waals surface area contributed by atoms with Crippen LogP contribution in [-0.4, -0.2) is 15.3 Å². The normalized spacial score (nSPS) is 11.8. The number of aryl methyl sites for hydroxylation is 1. The second kappa shape index (κ2) is 6.33. The van der Waals surface area contributed by atoms with Crippen molar-refractivity contribution < 1.29 is 0 Å². The molecule has 20 heavy (non-hydrogen) atoms. The van der Waals surface area contributed by atoms with Crippen molar-refractivity contribution >= 4 is 27.7 Å². The molecule has 0 bridgehead atoms. The number of nitrogens with one attached hydrogen (secondary N) is 1. The van der Waals surface area contributed by atoms with E-state index < -0.39 is 0 Å². The summed E-state index contributed by atoms with van der Waals surface area (Å²) in [4.78, 5) is 2.42. The summed E-state index contributed by atoms with van der Waals surface area (Å²) in [6.45, 7) is 7.39. The van der Waals surface area contributed by atoms with Crippen LogP contribution >= 0.6 is 27.7 Å². The van der Waals surface area contributed by atoms with Gasteiger partial charge >= 0.3 is 0 Å². The van der Waals surface area contributed by atoms with E-state index in [1.165, 1.54) is 10.5 Å². The van der Waals surface area contributed by atoms with Crippen LogP contribution in [-0.2, 0) is 13.6 Å². The molecule has 3 nitrogen and oxygen atoms in total. The maximum Gasteiger partial charge on any atom is 0.0629 e. The van der Waals surface area contributed by atoms with Gasteiger partial charge in [0.25, 0.3) is 0 Å². The van der Waals surface area contributed by atoms with Crippen LogP contribution in [0.25, 0.3) is 0 Å². The van der Waals surface area contributed by atoms with Gasteiger partial charge in [0.05, 0.1) is 11.1 Å². The predicted molar refractivity (Wildman–Crippen MR) is 88.1 cm³/mol. The predicted octanol–water partition coefficient (Wildman–Crippen LogP) is 4.22. The lowest BCUT2D eigenvalue weighted by Gasteiger charge is -2.21. The first-order chi connectivity index (χ1) is 9.33. The van der Waals surface area contributed by atoms with Gasteiger partial charge in [0, 0.05) is 34.7 Å². The number of nitrogens with zero attached hydrogens (tertiary/aromatic N) is 2. The van der Waals surface area contributed by atoms with E-state index in [4.69, 9.17) is 0 Å². The smallest absolute Gasteiger partial charge is 0.0629 e. The van der Waals surface area contributed by atoms with Gasteiger partial charge in [-0.25, -0.2) is 0 Å². The van der Waals surface area contributed by atoms with Gasteiger partial charge in [-0.05, 0) is 44.5 Å². The van der Waals surface area contributed by atoms with Crippen LogP contribution in [0.2, 0.25) is 0 Å². The second-order valence-electron chi connectivity index (χ2n) is 5.81. The summed E-state index contributed by atoms with van der Waals surface area (Å²) >= 11 is 5.30. The molecule has 1 N–H and O–H groups in total. The molecule has 0 aliphatic heterocycles. The van der Waals surface area contributed by atoms with Crippen LogP contribution in [0.1, 0.15) is 26.3 Å². The first kappa shape index (κ1) is 15.6. The molecule has 2 rings (SSSR count). The Morgan fingerprint density at radius 1 is 1.35 bits per heavy atom. The molecule has 0 fully saturated rings. The monoisotopic (exact) mass is 353 g/mol. The molecule has 1 aromatic carbocycles. The quantitative estimate of drug-likeness (QED) is 0.892. The number of aromatic nitrogens is 2. The number of rotatable bonds is 4. The van der Waals surface area contributed by atoms with Crippen LogP contribution in [0.15, 0.2) is 44.9 Å². The van der Waals surface area contributed by atoms with Gasteiger partial charge in [0.2, 0.25) is 0 Å². The van der Waals surface area contributed by atoms with Crippen LogP contribution in [0.4, 0.5) is 0 Å². The van der Waals surface area contributed by atoms with E-state index in [-0.39, 0.29) is 5.54 Å². The molecule has 0 spiro atoms. The summed E-state index contributed by atoms with van der Waals surface area (Å²) in [6, 6.07) is 6.41. The third kappa shape index (κ3) is 4.65. The summed E-state index contributed by atoms with van der Waals surface area (Å²) in [7, 11) is 1.94. The minimum atomic E-state index is 0.110. The van der Waals surface area contributed by atoms with Crippen LogP contribution in [0.5, 0.6) is 0 Å². The second-order valence-corrected chi connectivity index (χ2v) is 7.84. The summed E-state index contributed by atoms with van der Waals surface area (Å²) in [5, 5.41) is 7.76. The minimum Gasteiger partial charge on any atom is -0.308 e. The van der Waals surface area contributed by atoms with Gasteiger partial charge in [-0.15, -0.1) is 0 Å². The largest absolute Gasteiger partial charge is 0.308 e. The maximum absolute atomic E-state index is 4.22. The van der Waals surface area contributed by atoms with E-state index in [0.717, 1.165) is 15.9 Å². The molecule has 0 aliphatic rings. The SMILES string of the molecule is Cn1cc(Sc2ccc(Br)cc2CNC(C)(C)C)cn1. The molecule has 0 saturated carbocycles. The lowest BCUT2D eigenvalue weighted by Crippen LogP contribution is -2.35. The Labute approximate surface area is 133 Å². The average molecular weight is 354 g/mol. The summed E-state index contributed by atoms with van der Waals surface area (Å²) in [5.41, 5.74) is 1.40. The molecule has 1 heterocycles. The van der Waals surface area contributed by atoms with E-state index in [1.54, 1.807) is 11.8 Å². The standard InChI is InChI=1S/C15H20BrN3S/c1-15(2,3)17-8-11-7-12(16)5-6-14(11)20-13-9-18-19(4)10-13/h5-7,9-10,17H,8H2,1-4H3. The fourth-order valence-corrected chi connectivity index (χ4v) is 3.09. The van der Waals surface area contributed by atoms with Crippen LogP contribution in [0, 0.1) is 0 Å². The summed E-state index contributed by atoms with van der Waals surface area (Å²) in [6.07, 6.45) is 3.93. The lowest BCUT2D eigenvalue weighted by atomic mass is 10.1. The van der Waals surface area contributed by atoms with Crippen molar-refractivity contribution in [1.82, 2.24) is 15.1 Å². The van der Waals surface area contributed by atoms with Crippen molar-refractivity contribution in [2.45, 2.75) is 42.6 Å². The fourth-order valence-electron chi connectivity index (χ4n) is 1.72. The summed E-state index contributed by atoms with van der Waals surface area (Å²) in [5.74, 6) is 0. The zero-order valence-corrected chi connectivity index (χ0v) is 14.7. The number of halogens is 1. The Morgan fingerprint density at radius 2 is 2.10 bits per heavy atom. The third-order valence-corrected chi connectivity index (χ3v) is 4.30. The van der Waals surface area contributed by atoms with E-state index in [9.17, 15) is 0 Å². The van der Waals surface area contributed by atoms with Crippen molar-refractivity contribution in [2.24, 2.45) is 7.05 Å². The Balaban J connectivity index is 2.19. The molecule has 0 aliphatic carbocycles. The van der Waals surface area contributed by atoms with Gasteiger partial charge in [-0.1, -0.05) is 27.7 Å².